The van der Waals surface area contributed by atoms with Crippen LogP contribution in [0.5, 0.6) is 11.5 Å². The average Bonchev–Trinajstić information content (AvgIpc) is 2.78. The molecule has 1 fully saturated rings. The number of amides is 2. The summed E-state index contributed by atoms with van der Waals surface area (Å²) in [7, 11) is 2.87. The van der Waals surface area contributed by atoms with E-state index in [-0.39, 0.29) is 24.2 Å². The summed E-state index contributed by atoms with van der Waals surface area (Å²) in [6.07, 6.45) is 0.0950. The third-order valence-corrected chi connectivity index (χ3v) is 2.81. The standard InChI is InChI=1S/C13H13NO6/c1-18-8-3-4-9(10(7-8)19-2)13(17)20-14-11(15)5-6-12(14)16/h3-4,7H,5-6H2,1-2H3. The van der Waals surface area contributed by atoms with E-state index in [1.165, 1.54) is 26.4 Å². The van der Waals surface area contributed by atoms with Crippen molar-refractivity contribution in [1.82, 2.24) is 5.06 Å². The van der Waals surface area contributed by atoms with Crippen LogP contribution in [0.4, 0.5) is 0 Å². The molecule has 0 aliphatic carbocycles. The lowest BCUT2D eigenvalue weighted by atomic mass is 10.2. The number of benzene rings is 1. The molecule has 0 aromatic heterocycles. The van der Waals surface area contributed by atoms with E-state index in [1.54, 1.807) is 6.07 Å². The van der Waals surface area contributed by atoms with Gasteiger partial charge >= 0.3 is 5.97 Å². The quantitative estimate of drug-likeness (QED) is 0.762. The largest absolute Gasteiger partial charge is 0.497 e. The molecule has 7 heteroatoms. The number of hydrogen-bond donors (Lipinski definition) is 0. The number of imide groups is 1. The second-order valence-corrected chi connectivity index (χ2v) is 4.03. The highest BCUT2D eigenvalue weighted by Gasteiger charge is 2.33. The van der Waals surface area contributed by atoms with Crippen molar-refractivity contribution in [3.63, 3.8) is 0 Å². The van der Waals surface area contributed by atoms with Gasteiger partial charge in [0.05, 0.1) is 14.2 Å². The van der Waals surface area contributed by atoms with Gasteiger partial charge in [0.1, 0.15) is 17.1 Å². The summed E-state index contributed by atoms with van der Waals surface area (Å²) in [5.41, 5.74) is 0.0980. The maximum absolute atomic E-state index is 12.0. The molecule has 1 heterocycles. The van der Waals surface area contributed by atoms with E-state index in [4.69, 9.17) is 14.3 Å². The highest BCUT2D eigenvalue weighted by atomic mass is 16.7. The summed E-state index contributed by atoms with van der Waals surface area (Å²) >= 11 is 0. The van der Waals surface area contributed by atoms with E-state index in [2.05, 4.69) is 0 Å². The van der Waals surface area contributed by atoms with Crippen LogP contribution >= 0.6 is 0 Å². The van der Waals surface area contributed by atoms with Crippen LogP contribution < -0.4 is 9.47 Å². The molecule has 1 aromatic rings. The average molecular weight is 279 g/mol. The van der Waals surface area contributed by atoms with Crippen molar-refractivity contribution in [3.05, 3.63) is 23.8 Å². The fourth-order valence-electron chi connectivity index (χ4n) is 1.76. The third kappa shape index (κ3) is 2.56. The Bertz CT molecular complexity index is 552. The second-order valence-electron chi connectivity index (χ2n) is 4.03. The topological polar surface area (TPSA) is 82.1 Å². The molecule has 0 radical (unpaired) electrons. The molecule has 1 saturated heterocycles. The smallest absolute Gasteiger partial charge is 0.367 e. The van der Waals surface area contributed by atoms with Crippen LogP contribution in [0.25, 0.3) is 0 Å². The fraction of sp³-hybridized carbons (Fsp3) is 0.308. The zero-order valence-corrected chi connectivity index (χ0v) is 11.0. The minimum Gasteiger partial charge on any atom is -0.497 e. The van der Waals surface area contributed by atoms with Crippen LogP contribution in [0.3, 0.4) is 0 Å². The van der Waals surface area contributed by atoms with Crippen LogP contribution in [0.15, 0.2) is 18.2 Å². The summed E-state index contributed by atoms with van der Waals surface area (Å²) in [6, 6.07) is 4.49. The molecule has 2 amide bonds. The van der Waals surface area contributed by atoms with E-state index in [1.807, 2.05) is 0 Å². The summed E-state index contributed by atoms with van der Waals surface area (Å²) < 4.78 is 10.1. The van der Waals surface area contributed by atoms with Gasteiger partial charge < -0.3 is 14.3 Å². The first-order valence-electron chi connectivity index (χ1n) is 5.87. The van der Waals surface area contributed by atoms with Crippen molar-refractivity contribution in [2.45, 2.75) is 12.8 Å². The predicted molar refractivity (Wildman–Crippen MR) is 66.0 cm³/mol. The number of ether oxygens (including phenoxy) is 2. The predicted octanol–water partition coefficient (Wildman–Crippen LogP) is 0.925. The van der Waals surface area contributed by atoms with E-state index < -0.39 is 17.8 Å². The molecular formula is C13H13NO6. The number of hydroxylamine groups is 2. The van der Waals surface area contributed by atoms with Crippen LogP contribution in [0.2, 0.25) is 0 Å². The van der Waals surface area contributed by atoms with Crippen LogP contribution in [0, 0.1) is 0 Å². The van der Waals surface area contributed by atoms with Crippen molar-refractivity contribution < 1.29 is 28.7 Å². The minimum atomic E-state index is -0.840. The Labute approximate surface area is 115 Å². The zero-order valence-electron chi connectivity index (χ0n) is 11.0. The molecule has 0 atom stereocenters. The van der Waals surface area contributed by atoms with E-state index in [0.717, 1.165) is 0 Å². The molecule has 106 valence electrons. The Morgan fingerprint density at radius 3 is 2.30 bits per heavy atom. The van der Waals surface area contributed by atoms with E-state index >= 15 is 0 Å². The van der Waals surface area contributed by atoms with Gasteiger partial charge in [0.2, 0.25) is 0 Å². The number of carbonyl (C=O) groups excluding carboxylic acids is 3. The van der Waals surface area contributed by atoms with Crippen molar-refractivity contribution in [2.24, 2.45) is 0 Å². The lowest BCUT2D eigenvalue weighted by molar-refractivity contribution is -0.172. The van der Waals surface area contributed by atoms with Gasteiger partial charge in [-0.2, -0.15) is 0 Å². The maximum Gasteiger partial charge on any atom is 0.367 e. The molecule has 1 aromatic carbocycles. The molecule has 1 aliphatic rings. The first-order chi connectivity index (χ1) is 9.56. The van der Waals surface area contributed by atoms with Crippen molar-refractivity contribution in [3.8, 4) is 11.5 Å². The van der Waals surface area contributed by atoms with Crippen LogP contribution in [0.1, 0.15) is 23.2 Å². The highest BCUT2D eigenvalue weighted by Crippen LogP contribution is 2.26. The van der Waals surface area contributed by atoms with Crippen LogP contribution in [-0.4, -0.2) is 37.1 Å². The fourth-order valence-corrected chi connectivity index (χ4v) is 1.76. The number of nitrogens with zero attached hydrogens (tertiary/aromatic N) is 1. The molecule has 0 N–H and O–H groups in total. The van der Waals surface area contributed by atoms with Gasteiger partial charge in [0.15, 0.2) is 0 Å². The molecular weight excluding hydrogens is 266 g/mol. The van der Waals surface area contributed by atoms with Gasteiger partial charge in [-0.3, -0.25) is 9.59 Å². The molecule has 0 saturated carbocycles. The van der Waals surface area contributed by atoms with Gasteiger partial charge in [-0.05, 0) is 12.1 Å². The van der Waals surface area contributed by atoms with Gasteiger partial charge in [-0.15, -0.1) is 5.06 Å². The Morgan fingerprint density at radius 2 is 1.75 bits per heavy atom. The Kier molecular flexibility index (Phi) is 3.88. The Morgan fingerprint density at radius 1 is 1.10 bits per heavy atom. The second kappa shape index (κ2) is 5.60. The maximum atomic E-state index is 12.0. The number of hydrogen-bond acceptors (Lipinski definition) is 6. The van der Waals surface area contributed by atoms with Gasteiger partial charge in [-0.25, -0.2) is 4.79 Å². The van der Waals surface area contributed by atoms with Crippen molar-refractivity contribution in [1.29, 1.82) is 0 Å². The van der Waals surface area contributed by atoms with E-state index in [9.17, 15) is 14.4 Å². The van der Waals surface area contributed by atoms with Crippen LogP contribution in [-0.2, 0) is 14.4 Å². The zero-order chi connectivity index (χ0) is 14.7. The SMILES string of the molecule is COc1ccc(C(=O)ON2C(=O)CCC2=O)c(OC)c1. The Hall–Kier alpha value is -2.57. The lowest BCUT2D eigenvalue weighted by Gasteiger charge is -2.14. The summed E-state index contributed by atoms with van der Waals surface area (Å²) in [4.78, 5) is 39.6. The molecule has 0 spiro atoms. The van der Waals surface area contributed by atoms with Gasteiger partial charge in [0, 0.05) is 18.9 Å². The number of carbonyl (C=O) groups is 3. The first kappa shape index (κ1) is 13.9. The van der Waals surface area contributed by atoms with Gasteiger partial charge in [0.25, 0.3) is 11.8 Å². The molecule has 1 aliphatic heterocycles. The van der Waals surface area contributed by atoms with Crippen molar-refractivity contribution >= 4 is 17.8 Å². The molecule has 20 heavy (non-hydrogen) atoms. The minimum absolute atomic E-state index is 0.0475. The van der Waals surface area contributed by atoms with Gasteiger partial charge in [-0.1, -0.05) is 0 Å². The highest BCUT2D eigenvalue weighted by molar-refractivity contribution is 6.03. The summed E-state index contributed by atoms with van der Waals surface area (Å²) in [5.74, 6) is -1.17. The lowest BCUT2D eigenvalue weighted by Crippen LogP contribution is -2.32. The number of rotatable bonds is 4. The molecule has 2 rings (SSSR count). The summed E-state index contributed by atoms with van der Waals surface area (Å²) in [6.45, 7) is 0. The Balaban J connectivity index is 2.21. The van der Waals surface area contributed by atoms with Crippen molar-refractivity contribution in [2.75, 3.05) is 14.2 Å². The first-order valence-corrected chi connectivity index (χ1v) is 5.87. The summed E-state index contributed by atoms with van der Waals surface area (Å²) in [5, 5.41) is 0.492. The molecule has 7 nitrogen and oxygen atoms in total. The number of methoxy groups -OCH3 is 2. The normalized spacial score (nSPS) is 14.4. The van der Waals surface area contributed by atoms with E-state index in [0.29, 0.717) is 10.8 Å². The molecule has 0 bridgehead atoms. The third-order valence-electron chi connectivity index (χ3n) is 2.81. The molecule has 0 unspecified atom stereocenters. The monoisotopic (exact) mass is 279 g/mol.